The second kappa shape index (κ2) is 13.1. The number of hydrogen-bond acceptors (Lipinski definition) is 9. The van der Waals surface area contributed by atoms with Crippen molar-refractivity contribution in [2.45, 2.75) is 26.2 Å². The maximum Gasteiger partial charge on any atom is 0.328 e. The monoisotopic (exact) mass is 692 g/mol. The Morgan fingerprint density at radius 1 is 0.942 bits per heavy atom. The van der Waals surface area contributed by atoms with E-state index >= 15 is 0 Å². The molecule has 2 aliphatic heterocycles. The van der Waals surface area contributed by atoms with Gasteiger partial charge in [0.05, 0.1) is 41.0 Å². The van der Waals surface area contributed by atoms with Crippen molar-refractivity contribution in [1.29, 1.82) is 0 Å². The summed E-state index contributed by atoms with van der Waals surface area (Å²) >= 11 is 0. The number of amides is 4. The molecule has 0 bridgehead atoms. The van der Waals surface area contributed by atoms with Gasteiger partial charge in [0.1, 0.15) is 17.5 Å². The highest BCUT2D eigenvalue weighted by Gasteiger charge is 2.27. The molecule has 1 fully saturated rings. The van der Waals surface area contributed by atoms with Crippen LogP contribution < -0.4 is 26.0 Å². The lowest BCUT2D eigenvalue weighted by atomic mass is 10.0. The Bertz CT molecular complexity index is 2560. The smallest absolute Gasteiger partial charge is 0.328 e. The minimum Gasteiger partial charge on any atom is -0.462 e. The second-order valence-corrected chi connectivity index (χ2v) is 12.7. The molecule has 0 radical (unpaired) electrons. The van der Waals surface area contributed by atoms with Crippen LogP contribution in [0, 0.1) is 18.8 Å². The first-order valence-corrected chi connectivity index (χ1v) is 16.8. The second-order valence-electron chi connectivity index (χ2n) is 12.7. The molecule has 0 saturated carbocycles. The van der Waals surface area contributed by atoms with E-state index in [0.717, 1.165) is 47.4 Å². The highest BCUT2D eigenvalue weighted by Crippen LogP contribution is 2.37. The molecule has 0 atom stereocenters. The van der Waals surface area contributed by atoms with Crippen LogP contribution in [0.25, 0.3) is 33.3 Å². The van der Waals surface area contributed by atoms with Gasteiger partial charge >= 0.3 is 6.03 Å². The molecule has 0 unspecified atom stereocenters. The van der Waals surface area contributed by atoms with Gasteiger partial charge in [0.15, 0.2) is 5.82 Å². The molecule has 2 N–H and O–H groups in total. The molecule has 13 heteroatoms. The average molecular weight is 693 g/mol. The standard InChI is InChI=1S/C39H32N8O5/c1-23-18-26-30(45(2)38(23)50)8-3-9-31(26)46-16-5-7-28-32(46)21-42-36(43-28)25-11-12-29(41-20-25)37(49)40-15-4-6-24-10-13-34-27(19-24)33(22-52-34)47-17-14-35(48)44-39(47)51/h3,8-13,18-22H,5,7,14-17H2,1-2H3,(H,40,49)(H,44,48,51). The molecule has 6 heterocycles. The molecule has 4 amide bonds. The Labute approximate surface area is 297 Å². The van der Waals surface area contributed by atoms with E-state index in [4.69, 9.17) is 9.40 Å². The normalized spacial score (nSPS) is 14.2. The van der Waals surface area contributed by atoms with E-state index in [9.17, 15) is 19.2 Å². The number of fused-ring (bicyclic) bond motifs is 3. The van der Waals surface area contributed by atoms with E-state index in [1.807, 2.05) is 37.4 Å². The van der Waals surface area contributed by atoms with Crippen molar-refractivity contribution in [2.24, 2.45) is 7.05 Å². The van der Waals surface area contributed by atoms with Crippen LogP contribution >= 0.6 is 0 Å². The maximum absolute atomic E-state index is 12.9. The van der Waals surface area contributed by atoms with E-state index in [2.05, 4.69) is 43.4 Å². The summed E-state index contributed by atoms with van der Waals surface area (Å²) in [7, 11) is 1.80. The molecule has 0 spiro atoms. The van der Waals surface area contributed by atoms with Gasteiger partial charge in [0, 0.05) is 60.2 Å². The van der Waals surface area contributed by atoms with E-state index < -0.39 is 6.03 Å². The van der Waals surface area contributed by atoms with Gasteiger partial charge in [-0.05, 0) is 68.3 Å². The number of pyridine rings is 2. The summed E-state index contributed by atoms with van der Waals surface area (Å²) < 4.78 is 7.29. The average Bonchev–Trinajstić information content (AvgIpc) is 3.58. The van der Waals surface area contributed by atoms with Crippen LogP contribution in [-0.4, -0.2) is 57.0 Å². The van der Waals surface area contributed by atoms with Gasteiger partial charge in [-0.15, -0.1) is 0 Å². The Kier molecular flexibility index (Phi) is 8.19. The van der Waals surface area contributed by atoms with Crippen LogP contribution in [0.5, 0.6) is 0 Å². The number of aryl methyl sites for hydroxylation is 3. The zero-order valence-corrected chi connectivity index (χ0v) is 28.4. The Balaban J connectivity index is 0.941. The Hall–Kier alpha value is -6.81. The minimum absolute atomic E-state index is 0.00870. The number of nitrogens with one attached hydrogen (secondary N) is 2. The van der Waals surface area contributed by atoms with Crippen molar-refractivity contribution in [3.05, 3.63) is 106 Å². The van der Waals surface area contributed by atoms with Crippen LogP contribution in [0.4, 0.5) is 21.9 Å². The molecular formula is C39H32N8O5. The predicted octanol–water partition coefficient (Wildman–Crippen LogP) is 4.76. The third kappa shape index (κ3) is 5.90. The zero-order chi connectivity index (χ0) is 35.9. The molecular weight excluding hydrogens is 660 g/mol. The number of carbonyl (C=O) groups excluding carboxylic acids is 3. The van der Waals surface area contributed by atoms with Gasteiger partial charge in [-0.2, -0.15) is 0 Å². The van der Waals surface area contributed by atoms with Crippen LogP contribution in [0.1, 0.15) is 40.2 Å². The van der Waals surface area contributed by atoms with Crippen LogP contribution in [0.2, 0.25) is 0 Å². The van der Waals surface area contributed by atoms with Crippen molar-refractivity contribution in [3.8, 4) is 23.2 Å². The number of anilines is 3. The molecule has 8 rings (SSSR count). The molecule has 2 aromatic carbocycles. The molecule has 13 nitrogen and oxygen atoms in total. The summed E-state index contributed by atoms with van der Waals surface area (Å²) in [5.41, 5.74) is 7.14. The Morgan fingerprint density at radius 2 is 1.83 bits per heavy atom. The largest absolute Gasteiger partial charge is 0.462 e. The third-order valence-corrected chi connectivity index (χ3v) is 9.37. The number of rotatable bonds is 5. The SMILES string of the molecule is Cc1cc2c(N3CCCc4nc(-c5ccc(C(=O)NCC#Cc6ccc7occ(N8CCC(=O)NC8=O)c7c6)nc5)ncc43)cccc2n(C)c1=O. The fourth-order valence-electron chi connectivity index (χ4n) is 6.72. The fraction of sp³-hybridized carbons (Fsp3) is 0.205. The van der Waals surface area contributed by atoms with E-state index in [0.29, 0.717) is 39.2 Å². The zero-order valence-electron chi connectivity index (χ0n) is 28.4. The molecule has 1 saturated heterocycles. The van der Waals surface area contributed by atoms with E-state index in [1.165, 1.54) is 11.2 Å². The molecule has 4 aromatic heterocycles. The summed E-state index contributed by atoms with van der Waals surface area (Å²) in [6.45, 7) is 2.98. The number of nitrogens with zero attached hydrogens (tertiary/aromatic N) is 6. The lowest BCUT2D eigenvalue weighted by Crippen LogP contribution is -2.49. The van der Waals surface area contributed by atoms with E-state index in [-0.39, 0.29) is 42.6 Å². The number of urea groups is 1. The van der Waals surface area contributed by atoms with E-state index in [1.54, 1.807) is 42.1 Å². The number of hydrogen-bond donors (Lipinski definition) is 2. The van der Waals surface area contributed by atoms with Crippen molar-refractivity contribution in [2.75, 3.05) is 29.4 Å². The topological polar surface area (TPSA) is 156 Å². The third-order valence-electron chi connectivity index (χ3n) is 9.37. The molecule has 258 valence electrons. The lowest BCUT2D eigenvalue weighted by molar-refractivity contribution is -0.120. The summed E-state index contributed by atoms with van der Waals surface area (Å²) in [6.07, 6.45) is 6.82. The number of carbonyl (C=O) groups is 3. The van der Waals surface area contributed by atoms with Crippen molar-refractivity contribution in [1.82, 2.24) is 30.2 Å². The van der Waals surface area contributed by atoms with Crippen molar-refractivity contribution < 1.29 is 18.8 Å². The number of imide groups is 1. The molecule has 0 aliphatic carbocycles. The lowest BCUT2D eigenvalue weighted by Gasteiger charge is -2.31. The van der Waals surface area contributed by atoms with Gasteiger partial charge in [-0.25, -0.2) is 14.8 Å². The maximum atomic E-state index is 12.9. The quantitative estimate of drug-likeness (QED) is 0.244. The van der Waals surface area contributed by atoms with Gasteiger partial charge < -0.3 is 19.2 Å². The highest BCUT2D eigenvalue weighted by atomic mass is 16.3. The first-order valence-electron chi connectivity index (χ1n) is 16.8. The van der Waals surface area contributed by atoms with Crippen LogP contribution in [0.3, 0.4) is 0 Å². The fourth-order valence-corrected chi connectivity index (χ4v) is 6.72. The minimum atomic E-state index is -0.495. The van der Waals surface area contributed by atoms with Crippen molar-refractivity contribution >= 4 is 56.8 Å². The highest BCUT2D eigenvalue weighted by molar-refractivity contribution is 6.09. The van der Waals surface area contributed by atoms with Gasteiger partial charge in [0.2, 0.25) is 5.91 Å². The molecule has 2 aliphatic rings. The van der Waals surface area contributed by atoms with Crippen LogP contribution in [0.15, 0.2) is 82.5 Å². The van der Waals surface area contributed by atoms with Crippen molar-refractivity contribution in [3.63, 3.8) is 0 Å². The summed E-state index contributed by atoms with van der Waals surface area (Å²) in [5.74, 6) is 5.83. The number of furan rings is 1. The molecule has 6 aromatic rings. The Morgan fingerprint density at radius 3 is 2.65 bits per heavy atom. The van der Waals surface area contributed by atoms with Gasteiger partial charge in [0.25, 0.3) is 11.5 Å². The van der Waals surface area contributed by atoms with Gasteiger partial charge in [-0.3, -0.25) is 29.6 Å². The number of aromatic nitrogens is 4. The number of benzene rings is 2. The van der Waals surface area contributed by atoms with Crippen LogP contribution in [-0.2, 0) is 18.3 Å². The first-order chi connectivity index (χ1) is 25.2. The first kappa shape index (κ1) is 32.4. The predicted molar refractivity (Wildman–Crippen MR) is 195 cm³/mol. The van der Waals surface area contributed by atoms with Gasteiger partial charge in [-0.1, -0.05) is 17.9 Å². The molecule has 52 heavy (non-hydrogen) atoms. The summed E-state index contributed by atoms with van der Waals surface area (Å²) in [5, 5.41) is 6.78. The summed E-state index contributed by atoms with van der Waals surface area (Å²) in [6, 6.07) is 16.2. The summed E-state index contributed by atoms with van der Waals surface area (Å²) in [4.78, 5) is 67.0.